The van der Waals surface area contributed by atoms with E-state index in [0.717, 1.165) is 29.4 Å². The Kier molecular flexibility index (Phi) is 3.65. The Bertz CT molecular complexity index is 685. The molecule has 0 saturated carbocycles. The highest BCUT2D eigenvalue weighted by Gasteiger charge is 2.32. The van der Waals surface area contributed by atoms with Crippen molar-refractivity contribution in [1.29, 1.82) is 0 Å². The Morgan fingerprint density at radius 2 is 1.95 bits per heavy atom. The van der Waals surface area contributed by atoms with E-state index in [2.05, 4.69) is 30.7 Å². The number of hydrogen-bond donors (Lipinski definition) is 0. The van der Waals surface area contributed by atoms with Gasteiger partial charge in [-0.25, -0.2) is 4.98 Å². The van der Waals surface area contributed by atoms with Crippen molar-refractivity contribution in [3.8, 4) is 0 Å². The summed E-state index contributed by atoms with van der Waals surface area (Å²) in [4.78, 5) is 13.5. The second-order valence-corrected chi connectivity index (χ2v) is 8.62. The summed E-state index contributed by atoms with van der Waals surface area (Å²) in [6.45, 7) is 7.04. The fourth-order valence-electron chi connectivity index (χ4n) is 3.20. The highest BCUT2D eigenvalue weighted by Crippen LogP contribution is 2.44. The predicted octanol–water partition coefficient (Wildman–Crippen LogP) is 4.56. The molecule has 0 aromatic carbocycles. The number of anilines is 1. The molecule has 0 fully saturated rings. The molecular weight excluding hydrogens is 302 g/mol. The summed E-state index contributed by atoms with van der Waals surface area (Å²) >= 11 is 7.89. The lowest BCUT2D eigenvalue weighted by Gasteiger charge is -2.33. The fourth-order valence-corrected chi connectivity index (χ4v) is 4.70. The Balaban J connectivity index is 2.14. The number of rotatable bonds is 1. The molecule has 3 nitrogen and oxygen atoms in total. The number of aryl methyl sites for hydroxylation is 1. The lowest BCUT2D eigenvalue weighted by molar-refractivity contribution is 0.218. The SMILES string of the molecule is CN(C)c1nc(Cl)nc2sc3c(c12)CCC(C(C)(C)C)C3. The highest BCUT2D eigenvalue weighted by molar-refractivity contribution is 7.19. The Hall–Kier alpha value is -0.870. The van der Waals surface area contributed by atoms with E-state index in [1.165, 1.54) is 22.2 Å². The van der Waals surface area contributed by atoms with Crippen LogP contribution < -0.4 is 4.90 Å². The van der Waals surface area contributed by atoms with Crippen LogP contribution >= 0.6 is 22.9 Å². The van der Waals surface area contributed by atoms with E-state index < -0.39 is 0 Å². The third-order valence-electron chi connectivity index (χ3n) is 4.51. The van der Waals surface area contributed by atoms with Gasteiger partial charge in [0.25, 0.3) is 0 Å². The van der Waals surface area contributed by atoms with Crippen molar-refractivity contribution < 1.29 is 0 Å². The molecular formula is C16H22ClN3S. The Morgan fingerprint density at radius 3 is 2.57 bits per heavy atom. The molecule has 0 radical (unpaired) electrons. The summed E-state index contributed by atoms with van der Waals surface area (Å²) in [5.74, 6) is 1.70. The lowest BCUT2D eigenvalue weighted by atomic mass is 9.72. The van der Waals surface area contributed by atoms with Gasteiger partial charge in [-0.15, -0.1) is 11.3 Å². The smallest absolute Gasteiger partial charge is 0.225 e. The molecule has 0 N–H and O–H groups in total. The van der Waals surface area contributed by atoms with E-state index in [9.17, 15) is 0 Å². The van der Waals surface area contributed by atoms with Crippen LogP contribution in [0.5, 0.6) is 0 Å². The van der Waals surface area contributed by atoms with E-state index in [-0.39, 0.29) is 0 Å². The molecule has 5 heteroatoms. The largest absolute Gasteiger partial charge is 0.362 e. The maximum Gasteiger partial charge on any atom is 0.225 e. The minimum Gasteiger partial charge on any atom is -0.362 e. The quantitative estimate of drug-likeness (QED) is 0.720. The fraction of sp³-hybridized carbons (Fsp3) is 0.625. The number of fused-ring (bicyclic) bond motifs is 3. The van der Waals surface area contributed by atoms with Gasteiger partial charge in [-0.1, -0.05) is 20.8 Å². The monoisotopic (exact) mass is 323 g/mol. The van der Waals surface area contributed by atoms with Gasteiger partial charge in [0.05, 0.1) is 5.39 Å². The average Bonchev–Trinajstić information content (AvgIpc) is 2.73. The first-order chi connectivity index (χ1) is 9.77. The second-order valence-electron chi connectivity index (χ2n) is 7.20. The summed E-state index contributed by atoms with van der Waals surface area (Å²) in [6, 6.07) is 0. The van der Waals surface area contributed by atoms with Gasteiger partial charge in [0.15, 0.2) is 0 Å². The molecule has 2 aromatic rings. The Labute approximate surface area is 135 Å². The molecule has 21 heavy (non-hydrogen) atoms. The third-order valence-corrected chi connectivity index (χ3v) is 5.83. The van der Waals surface area contributed by atoms with Crippen LogP contribution in [0.4, 0.5) is 5.82 Å². The normalized spacial score (nSPS) is 18.9. The molecule has 0 amide bonds. The number of hydrogen-bond acceptors (Lipinski definition) is 4. The van der Waals surface area contributed by atoms with Crippen LogP contribution in [0.25, 0.3) is 10.2 Å². The number of thiophene rings is 1. The maximum atomic E-state index is 6.09. The molecule has 2 heterocycles. The molecule has 1 atom stereocenters. The van der Waals surface area contributed by atoms with Gasteiger partial charge in [0.1, 0.15) is 10.6 Å². The minimum absolute atomic E-state index is 0.345. The second kappa shape index (κ2) is 5.10. The molecule has 1 aliphatic rings. The highest BCUT2D eigenvalue weighted by atomic mass is 35.5. The van der Waals surface area contributed by atoms with Crippen LogP contribution in [-0.4, -0.2) is 24.1 Å². The van der Waals surface area contributed by atoms with Gasteiger partial charge in [-0.2, -0.15) is 4.98 Å². The van der Waals surface area contributed by atoms with Crippen molar-refractivity contribution in [2.75, 3.05) is 19.0 Å². The first kappa shape index (κ1) is 15.0. The standard InChI is InChI=1S/C16H22ClN3S/c1-16(2,3)9-6-7-10-11(8-9)21-14-12(10)13(20(4)5)18-15(17)19-14/h9H,6-8H2,1-5H3. The molecule has 1 unspecified atom stereocenters. The van der Waals surface area contributed by atoms with E-state index >= 15 is 0 Å². The van der Waals surface area contributed by atoms with Gasteiger partial charge in [-0.3, -0.25) is 0 Å². The van der Waals surface area contributed by atoms with Crippen molar-refractivity contribution in [1.82, 2.24) is 9.97 Å². The molecule has 1 aliphatic carbocycles. The molecule has 3 rings (SSSR count). The maximum absolute atomic E-state index is 6.09. The van der Waals surface area contributed by atoms with Crippen LogP contribution in [0.3, 0.4) is 0 Å². The van der Waals surface area contributed by atoms with Crippen molar-refractivity contribution in [2.45, 2.75) is 40.0 Å². The van der Waals surface area contributed by atoms with Gasteiger partial charge in [-0.05, 0) is 47.8 Å². The van der Waals surface area contributed by atoms with Crippen molar-refractivity contribution in [3.05, 3.63) is 15.7 Å². The zero-order chi connectivity index (χ0) is 15.4. The van der Waals surface area contributed by atoms with Crippen molar-refractivity contribution >= 4 is 39.0 Å². The van der Waals surface area contributed by atoms with Crippen molar-refractivity contribution in [2.24, 2.45) is 11.3 Å². The molecule has 0 spiro atoms. The first-order valence-electron chi connectivity index (χ1n) is 7.42. The summed E-state index contributed by atoms with van der Waals surface area (Å²) in [6.07, 6.45) is 3.53. The van der Waals surface area contributed by atoms with Gasteiger partial charge in [0, 0.05) is 19.0 Å². The molecule has 114 valence electrons. The average molecular weight is 324 g/mol. The van der Waals surface area contributed by atoms with Gasteiger partial charge in [0.2, 0.25) is 5.28 Å². The molecule has 0 bridgehead atoms. The number of nitrogens with zero attached hydrogens (tertiary/aromatic N) is 3. The van der Waals surface area contributed by atoms with Gasteiger partial charge < -0.3 is 4.90 Å². The summed E-state index contributed by atoms with van der Waals surface area (Å²) in [5, 5.41) is 1.56. The summed E-state index contributed by atoms with van der Waals surface area (Å²) in [7, 11) is 4.03. The van der Waals surface area contributed by atoms with Crippen LogP contribution in [0.15, 0.2) is 0 Å². The van der Waals surface area contributed by atoms with Crippen molar-refractivity contribution in [3.63, 3.8) is 0 Å². The topological polar surface area (TPSA) is 29.0 Å². The van der Waals surface area contributed by atoms with E-state index in [0.29, 0.717) is 10.7 Å². The Morgan fingerprint density at radius 1 is 1.24 bits per heavy atom. The summed E-state index contributed by atoms with van der Waals surface area (Å²) in [5.41, 5.74) is 1.82. The molecule has 2 aromatic heterocycles. The first-order valence-corrected chi connectivity index (χ1v) is 8.62. The molecule has 0 aliphatic heterocycles. The van der Waals surface area contributed by atoms with Crippen LogP contribution in [0, 0.1) is 11.3 Å². The minimum atomic E-state index is 0.345. The van der Waals surface area contributed by atoms with Gasteiger partial charge >= 0.3 is 0 Å². The predicted molar refractivity (Wildman–Crippen MR) is 91.7 cm³/mol. The number of halogens is 1. The lowest BCUT2D eigenvalue weighted by Crippen LogP contribution is -2.26. The third kappa shape index (κ3) is 2.64. The zero-order valence-electron chi connectivity index (χ0n) is 13.3. The summed E-state index contributed by atoms with van der Waals surface area (Å²) < 4.78 is 0. The van der Waals surface area contributed by atoms with E-state index in [1.807, 2.05) is 19.0 Å². The molecule has 0 saturated heterocycles. The van der Waals surface area contributed by atoms with Crippen LogP contribution in [0.1, 0.15) is 37.6 Å². The zero-order valence-corrected chi connectivity index (χ0v) is 14.9. The van der Waals surface area contributed by atoms with Crippen LogP contribution in [-0.2, 0) is 12.8 Å². The van der Waals surface area contributed by atoms with Crippen LogP contribution in [0.2, 0.25) is 5.28 Å². The number of aromatic nitrogens is 2. The van der Waals surface area contributed by atoms with E-state index in [1.54, 1.807) is 11.3 Å². The van der Waals surface area contributed by atoms with E-state index in [4.69, 9.17) is 11.6 Å².